The van der Waals surface area contributed by atoms with Gasteiger partial charge in [0.15, 0.2) is 0 Å². The molecule has 4 nitrogen and oxygen atoms in total. The first-order chi connectivity index (χ1) is 8.68. The quantitative estimate of drug-likeness (QED) is 0.874. The van der Waals surface area contributed by atoms with Crippen LogP contribution >= 0.6 is 0 Å². The van der Waals surface area contributed by atoms with Gasteiger partial charge in [-0.15, -0.1) is 0 Å². The molecule has 4 heteroatoms. The molecule has 0 radical (unpaired) electrons. The first-order valence-corrected chi connectivity index (χ1v) is 7.05. The Kier molecular flexibility index (Phi) is 4.78. The van der Waals surface area contributed by atoms with E-state index in [1.54, 1.807) is 0 Å². The van der Waals surface area contributed by atoms with E-state index in [1.807, 2.05) is 12.5 Å². The van der Waals surface area contributed by atoms with Gasteiger partial charge in [0.05, 0.1) is 18.1 Å². The lowest BCUT2D eigenvalue weighted by Crippen LogP contribution is -2.23. The van der Waals surface area contributed by atoms with Crippen LogP contribution in [0.25, 0.3) is 0 Å². The van der Waals surface area contributed by atoms with E-state index in [1.165, 1.54) is 19.3 Å². The van der Waals surface area contributed by atoms with E-state index < -0.39 is 0 Å². The number of aryl methyl sites for hydroxylation is 1. The fraction of sp³-hybridized carbons (Fsp3) is 0.786. The lowest BCUT2D eigenvalue weighted by Gasteiger charge is -2.24. The van der Waals surface area contributed by atoms with Crippen molar-refractivity contribution in [3.63, 3.8) is 0 Å². The molecule has 2 rings (SSSR count). The highest BCUT2D eigenvalue weighted by molar-refractivity contribution is 5.05. The monoisotopic (exact) mass is 251 g/mol. The number of aromatic nitrogens is 2. The Hall–Kier alpha value is -0.870. The summed E-state index contributed by atoms with van der Waals surface area (Å²) in [7, 11) is 0. The fourth-order valence-corrected chi connectivity index (χ4v) is 2.46. The molecule has 0 aromatic carbocycles. The van der Waals surface area contributed by atoms with Crippen LogP contribution in [0.3, 0.4) is 0 Å². The van der Waals surface area contributed by atoms with Gasteiger partial charge in [-0.3, -0.25) is 0 Å². The summed E-state index contributed by atoms with van der Waals surface area (Å²) >= 11 is 0. The molecule has 1 saturated heterocycles. The van der Waals surface area contributed by atoms with Gasteiger partial charge in [-0.2, -0.15) is 0 Å². The average Bonchev–Trinajstić information content (AvgIpc) is 2.84. The van der Waals surface area contributed by atoms with E-state index >= 15 is 0 Å². The van der Waals surface area contributed by atoms with Crippen molar-refractivity contribution in [1.29, 1.82) is 0 Å². The Morgan fingerprint density at radius 2 is 2.33 bits per heavy atom. The summed E-state index contributed by atoms with van der Waals surface area (Å²) < 4.78 is 7.94. The molecular weight excluding hydrogens is 226 g/mol. The van der Waals surface area contributed by atoms with Gasteiger partial charge in [0.2, 0.25) is 0 Å². The number of nitrogens with two attached hydrogens (primary N) is 1. The van der Waals surface area contributed by atoms with Crippen molar-refractivity contribution >= 4 is 0 Å². The zero-order valence-electron chi connectivity index (χ0n) is 11.5. The third-order valence-electron chi connectivity index (χ3n) is 3.77. The zero-order valence-corrected chi connectivity index (χ0v) is 11.5. The second kappa shape index (κ2) is 6.34. The van der Waals surface area contributed by atoms with Crippen molar-refractivity contribution in [3.05, 3.63) is 18.2 Å². The van der Waals surface area contributed by atoms with E-state index in [4.69, 9.17) is 10.5 Å². The molecule has 0 aliphatic carbocycles. The van der Waals surface area contributed by atoms with Gasteiger partial charge in [0.1, 0.15) is 0 Å². The van der Waals surface area contributed by atoms with Gasteiger partial charge in [-0.05, 0) is 31.6 Å². The number of ether oxygens (including phenoxy) is 1. The van der Waals surface area contributed by atoms with E-state index in [9.17, 15) is 0 Å². The molecule has 0 saturated carbocycles. The molecule has 2 heterocycles. The van der Waals surface area contributed by atoms with Crippen LogP contribution < -0.4 is 5.73 Å². The highest BCUT2D eigenvalue weighted by atomic mass is 16.5. The summed E-state index contributed by atoms with van der Waals surface area (Å²) in [5.41, 5.74) is 7.34. The van der Waals surface area contributed by atoms with Crippen LogP contribution in [0, 0.1) is 5.92 Å². The van der Waals surface area contributed by atoms with Gasteiger partial charge in [0, 0.05) is 25.4 Å². The molecule has 18 heavy (non-hydrogen) atoms. The summed E-state index contributed by atoms with van der Waals surface area (Å²) in [5.74, 6) is 0.436. The highest BCUT2D eigenvalue weighted by Gasteiger charge is 2.17. The Bertz CT molecular complexity index is 356. The molecule has 102 valence electrons. The third-order valence-corrected chi connectivity index (χ3v) is 3.77. The molecular formula is C14H25N3O. The van der Waals surface area contributed by atoms with E-state index in [0.29, 0.717) is 12.0 Å². The predicted octanol–water partition coefficient (Wildman–Crippen LogP) is 2.50. The number of imidazole rings is 1. The lowest BCUT2D eigenvalue weighted by atomic mass is 10.0. The summed E-state index contributed by atoms with van der Waals surface area (Å²) in [6.45, 7) is 6.17. The summed E-state index contributed by atoms with van der Waals surface area (Å²) in [6, 6.07) is 0.0692. The zero-order chi connectivity index (χ0) is 13.0. The van der Waals surface area contributed by atoms with Crippen LogP contribution in [0.5, 0.6) is 0 Å². The van der Waals surface area contributed by atoms with Crippen LogP contribution in [0.15, 0.2) is 12.5 Å². The highest BCUT2D eigenvalue weighted by Crippen LogP contribution is 2.20. The third kappa shape index (κ3) is 3.33. The molecule has 1 aliphatic heterocycles. The number of hydrogen-bond donors (Lipinski definition) is 1. The molecule has 1 fully saturated rings. The Morgan fingerprint density at radius 1 is 1.50 bits per heavy atom. The Balaban J connectivity index is 1.91. The topological polar surface area (TPSA) is 53.1 Å². The minimum Gasteiger partial charge on any atom is -0.378 e. The number of nitrogens with zero attached hydrogens (tertiary/aromatic N) is 2. The van der Waals surface area contributed by atoms with Gasteiger partial charge >= 0.3 is 0 Å². The van der Waals surface area contributed by atoms with E-state index in [0.717, 1.165) is 25.3 Å². The van der Waals surface area contributed by atoms with Gasteiger partial charge in [-0.1, -0.05) is 13.8 Å². The van der Waals surface area contributed by atoms with Crippen molar-refractivity contribution in [3.8, 4) is 0 Å². The molecule has 0 spiro atoms. The predicted molar refractivity (Wildman–Crippen MR) is 72.2 cm³/mol. The summed E-state index contributed by atoms with van der Waals surface area (Å²) in [5, 5.41) is 0. The Labute approximate surface area is 110 Å². The first kappa shape index (κ1) is 13.6. The second-order valence-electron chi connectivity index (χ2n) is 5.56. The van der Waals surface area contributed by atoms with Crippen LogP contribution in [0.1, 0.15) is 51.3 Å². The molecule has 1 aliphatic rings. The number of rotatable bonds is 5. The number of hydrogen-bond acceptors (Lipinski definition) is 3. The van der Waals surface area contributed by atoms with Gasteiger partial charge < -0.3 is 15.0 Å². The molecule has 1 aromatic rings. The molecule has 2 unspecified atom stereocenters. The van der Waals surface area contributed by atoms with Crippen LogP contribution in [0.4, 0.5) is 0 Å². The van der Waals surface area contributed by atoms with Crippen molar-refractivity contribution in [2.24, 2.45) is 11.7 Å². The largest absolute Gasteiger partial charge is 0.378 e. The fourth-order valence-electron chi connectivity index (χ4n) is 2.46. The lowest BCUT2D eigenvalue weighted by molar-refractivity contribution is 0.00864. The maximum absolute atomic E-state index is 6.20. The van der Waals surface area contributed by atoms with E-state index in [2.05, 4.69) is 23.4 Å². The summed E-state index contributed by atoms with van der Waals surface area (Å²) in [4.78, 5) is 4.23. The van der Waals surface area contributed by atoms with Gasteiger partial charge in [0.25, 0.3) is 0 Å². The van der Waals surface area contributed by atoms with Crippen molar-refractivity contribution in [2.75, 3.05) is 6.61 Å². The maximum Gasteiger partial charge on any atom is 0.0948 e. The van der Waals surface area contributed by atoms with E-state index in [-0.39, 0.29) is 6.04 Å². The smallest absolute Gasteiger partial charge is 0.0948 e. The van der Waals surface area contributed by atoms with Crippen molar-refractivity contribution in [1.82, 2.24) is 9.55 Å². The second-order valence-corrected chi connectivity index (χ2v) is 5.56. The average molecular weight is 251 g/mol. The molecule has 0 bridgehead atoms. The Morgan fingerprint density at radius 3 is 3.00 bits per heavy atom. The van der Waals surface area contributed by atoms with Crippen LogP contribution in [-0.4, -0.2) is 22.3 Å². The molecule has 2 atom stereocenters. The summed E-state index contributed by atoms with van der Waals surface area (Å²) in [6.07, 6.45) is 8.98. The molecule has 0 amide bonds. The molecule has 1 aromatic heterocycles. The molecule has 2 N–H and O–H groups in total. The van der Waals surface area contributed by atoms with Gasteiger partial charge in [-0.25, -0.2) is 4.98 Å². The van der Waals surface area contributed by atoms with Crippen molar-refractivity contribution < 1.29 is 4.74 Å². The first-order valence-electron chi connectivity index (χ1n) is 7.05. The minimum absolute atomic E-state index is 0.0692. The van der Waals surface area contributed by atoms with Crippen molar-refractivity contribution in [2.45, 2.75) is 58.2 Å². The van der Waals surface area contributed by atoms with Crippen LogP contribution in [-0.2, 0) is 11.3 Å². The normalized spacial score (nSPS) is 22.3. The SMILES string of the molecule is CC(C)C(N)c1cncn1CCC1CCCCO1. The maximum atomic E-state index is 6.20. The standard InChI is InChI=1S/C14H25N3O/c1-11(2)14(15)13-9-16-10-17(13)7-6-12-5-3-4-8-18-12/h9-12,14H,3-8,15H2,1-2H3. The van der Waals surface area contributed by atoms with Crippen LogP contribution in [0.2, 0.25) is 0 Å². The minimum atomic E-state index is 0.0692.